The second-order valence-corrected chi connectivity index (χ2v) is 7.70. The average molecular weight is 391 g/mol. The lowest BCUT2D eigenvalue weighted by Gasteiger charge is -2.11. The van der Waals surface area contributed by atoms with Crippen molar-refractivity contribution in [1.82, 2.24) is 5.32 Å². The van der Waals surface area contributed by atoms with E-state index in [0.29, 0.717) is 24.0 Å². The molecule has 4 rings (SSSR count). The molecule has 3 aromatic rings. The highest BCUT2D eigenvalue weighted by molar-refractivity contribution is 7.20. The fourth-order valence-electron chi connectivity index (χ4n) is 3.45. The summed E-state index contributed by atoms with van der Waals surface area (Å²) in [7, 11) is 1.61. The van der Waals surface area contributed by atoms with Gasteiger partial charge in [0.2, 0.25) is 0 Å². The van der Waals surface area contributed by atoms with Crippen LogP contribution in [0.1, 0.15) is 38.4 Å². The molecule has 3 nitrogen and oxygen atoms in total. The van der Waals surface area contributed by atoms with Gasteiger partial charge in [0, 0.05) is 34.0 Å². The molecule has 0 unspecified atom stereocenters. The SMILES string of the molecule is CNC(=O)c1c(C2=CC=C(F)CC2)sc2ccc(-c3cccc(C=O)c3)cc12. The minimum Gasteiger partial charge on any atom is -0.355 e. The number of amides is 1. The van der Waals surface area contributed by atoms with Crippen molar-refractivity contribution in [2.75, 3.05) is 7.05 Å². The molecule has 140 valence electrons. The van der Waals surface area contributed by atoms with Crippen LogP contribution in [0.2, 0.25) is 0 Å². The van der Waals surface area contributed by atoms with Gasteiger partial charge in [0.1, 0.15) is 12.1 Å². The maximum atomic E-state index is 13.4. The highest BCUT2D eigenvalue weighted by atomic mass is 32.1. The number of rotatable bonds is 4. The molecule has 1 amide bonds. The van der Waals surface area contributed by atoms with Crippen LogP contribution >= 0.6 is 11.3 Å². The lowest BCUT2D eigenvalue weighted by Crippen LogP contribution is -2.18. The first kappa shape index (κ1) is 18.3. The molecule has 1 aliphatic carbocycles. The molecule has 1 N–H and O–H groups in total. The summed E-state index contributed by atoms with van der Waals surface area (Å²) in [6.45, 7) is 0. The normalized spacial score (nSPS) is 13.8. The molecule has 2 aromatic carbocycles. The Kier molecular flexibility index (Phi) is 4.92. The monoisotopic (exact) mass is 391 g/mol. The molecule has 0 saturated carbocycles. The van der Waals surface area contributed by atoms with Crippen molar-refractivity contribution in [2.45, 2.75) is 12.8 Å². The van der Waals surface area contributed by atoms with Crippen LogP contribution in [0.4, 0.5) is 4.39 Å². The number of thiophene rings is 1. The molecule has 0 aliphatic heterocycles. The Balaban J connectivity index is 1.90. The summed E-state index contributed by atoms with van der Waals surface area (Å²) in [6.07, 6.45) is 5.00. The van der Waals surface area contributed by atoms with Crippen LogP contribution in [-0.4, -0.2) is 19.2 Å². The van der Waals surface area contributed by atoms with Crippen LogP contribution in [0, 0.1) is 0 Å². The number of aldehydes is 1. The molecule has 1 aliphatic rings. The molecule has 0 atom stereocenters. The summed E-state index contributed by atoms with van der Waals surface area (Å²) in [5, 5.41) is 3.60. The lowest BCUT2D eigenvalue weighted by molar-refractivity contribution is 0.0964. The second-order valence-electron chi connectivity index (χ2n) is 6.64. The van der Waals surface area contributed by atoms with Gasteiger partial charge >= 0.3 is 0 Å². The second kappa shape index (κ2) is 7.52. The Morgan fingerprint density at radius 1 is 1.11 bits per heavy atom. The molecule has 0 bridgehead atoms. The van der Waals surface area contributed by atoms with E-state index < -0.39 is 0 Å². The molecule has 0 fully saturated rings. The zero-order valence-corrected chi connectivity index (χ0v) is 16.1. The fraction of sp³-hybridized carbons (Fsp3) is 0.130. The first-order valence-electron chi connectivity index (χ1n) is 9.00. The van der Waals surface area contributed by atoms with Crippen molar-refractivity contribution in [3.05, 3.63) is 76.4 Å². The third-order valence-electron chi connectivity index (χ3n) is 4.89. The van der Waals surface area contributed by atoms with Crippen molar-refractivity contribution < 1.29 is 14.0 Å². The summed E-state index contributed by atoms with van der Waals surface area (Å²) in [5.41, 5.74) is 4.07. The highest BCUT2D eigenvalue weighted by Crippen LogP contribution is 2.40. The summed E-state index contributed by atoms with van der Waals surface area (Å²) < 4.78 is 14.4. The van der Waals surface area contributed by atoms with Crippen LogP contribution in [0.5, 0.6) is 0 Å². The van der Waals surface area contributed by atoms with Crippen molar-refractivity contribution in [1.29, 1.82) is 0 Å². The summed E-state index contributed by atoms with van der Waals surface area (Å²) in [4.78, 5) is 24.7. The van der Waals surface area contributed by atoms with Gasteiger partial charge < -0.3 is 5.32 Å². The Morgan fingerprint density at radius 3 is 2.64 bits per heavy atom. The van der Waals surface area contributed by atoms with Gasteiger partial charge in [0.15, 0.2) is 0 Å². The van der Waals surface area contributed by atoms with Gasteiger partial charge in [-0.25, -0.2) is 4.39 Å². The van der Waals surface area contributed by atoms with Crippen LogP contribution in [0.15, 0.2) is 60.4 Å². The zero-order valence-electron chi connectivity index (χ0n) is 15.3. The number of hydrogen-bond donors (Lipinski definition) is 1. The van der Waals surface area contributed by atoms with Crippen molar-refractivity contribution in [2.24, 2.45) is 0 Å². The third-order valence-corrected chi connectivity index (χ3v) is 6.13. The Morgan fingerprint density at radius 2 is 1.93 bits per heavy atom. The Bertz CT molecular complexity index is 1160. The van der Waals surface area contributed by atoms with E-state index in [9.17, 15) is 14.0 Å². The Hall–Kier alpha value is -3.05. The lowest BCUT2D eigenvalue weighted by atomic mass is 9.96. The first-order chi connectivity index (χ1) is 13.6. The van der Waals surface area contributed by atoms with Crippen molar-refractivity contribution >= 4 is 39.2 Å². The number of halogens is 1. The molecule has 1 aromatic heterocycles. The number of carbonyl (C=O) groups is 2. The predicted molar refractivity (Wildman–Crippen MR) is 112 cm³/mol. The van der Waals surface area contributed by atoms with E-state index in [0.717, 1.165) is 37.9 Å². The van der Waals surface area contributed by atoms with E-state index in [1.807, 2.05) is 36.4 Å². The standard InChI is InChI=1S/C23H18FNO2S/c1-25-23(27)21-19-12-17(16-4-2-3-14(11-16)13-26)7-10-20(19)28-22(21)15-5-8-18(24)9-6-15/h2-5,7-8,10-13H,6,9H2,1H3,(H,25,27). The van der Waals surface area contributed by atoms with Crippen molar-refractivity contribution in [3.8, 4) is 11.1 Å². The van der Waals surface area contributed by atoms with Gasteiger partial charge in [0.25, 0.3) is 5.91 Å². The topological polar surface area (TPSA) is 46.2 Å². The van der Waals surface area contributed by atoms with E-state index >= 15 is 0 Å². The molecule has 28 heavy (non-hydrogen) atoms. The van der Waals surface area contributed by atoms with E-state index in [-0.39, 0.29) is 11.7 Å². The van der Waals surface area contributed by atoms with Crippen LogP contribution in [-0.2, 0) is 0 Å². The van der Waals surface area contributed by atoms with Crippen LogP contribution in [0.3, 0.4) is 0 Å². The van der Waals surface area contributed by atoms with E-state index in [1.165, 1.54) is 6.08 Å². The number of hydrogen-bond acceptors (Lipinski definition) is 3. The number of nitrogens with one attached hydrogen (secondary N) is 1. The maximum absolute atomic E-state index is 13.4. The average Bonchev–Trinajstić information content (AvgIpc) is 3.12. The van der Waals surface area contributed by atoms with Crippen LogP contribution in [0.25, 0.3) is 26.8 Å². The van der Waals surface area contributed by atoms with Gasteiger partial charge in [-0.3, -0.25) is 9.59 Å². The molecule has 5 heteroatoms. The van der Waals surface area contributed by atoms with Gasteiger partial charge in [0.05, 0.1) is 5.56 Å². The van der Waals surface area contributed by atoms with E-state index in [2.05, 4.69) is 5.32 Å². The Labute approximate surface area is 166 Å². The van der Waals surface area contributed by atoms with Gasteiger partial charge in [-0.15, -0.1) is 11.3 Å². The van der Waals surface area contributed by atoms with Gasteiger partial charge in [-0.2, -0.15) is 0 Å². The minimum atomic E-state index is -0.157. The molecule has 0 radical (unpaired) electrons. The molecular weight excluding hydrogens is 373 g/mol. The number of fused-ring (bicyclic) bond motifs is 1. The number of benzene rings is 2. The van der Waals surface area contributed by atoms with Crippen LogP contribution < -0.4 is 5.32 Å². The highest BCUT2D eigenvalue weighted by Gasteiger charge is 2.22. The molecular formula is C23H18FNO2S. The molecule has 0 spiro atoms. The van der Waals surface area contributed by atoms with Crippen molar-refractivity contribution in [3.63, 3.8) is 0 Å². The quantitative estimate of drug-likeness (QED) is 0.574. The third kappa shape index (κ3) is 3.29. The largest absolute Gasteiger partial charge is 0.355 e. The number of carbonyl (C=O) groups excluding carboxylic acids is 2. The molecule has 0 saturated heterocycles. The first-order valence-corrected chi connectivity index (χ1v) is 9.82. The van der Waals surface area contributed by atoms with Gasteiger partial charge in [-0.1, -0.05) is 30.3 Å². The summed E-state index contributed by atoms with van der Waals surface area (Å²) >= 11 is 1.55. The predicted octanol–water partition coefficient (Wildman–Crippen LogP) is 5.77. The van der Waals surface area contributed by atoms with E-state index in [4.69, 9.17) is 0 Å². The molecule has 1 heterocycles. The smallest absolute Gasteiger partial charge is 0.253 e. The maximum Gasteiger partial charge on any atom is 0.253 e. The van der Waals surface area contributed by atoms with E-state index in [1.54, 1.807) is 30.5 Å². The zero-order chi connectivity index (χ0) is 19.7. The summed E-state index contributed by atoms with van der Waals surface area (Å²) in [5.74, 6) is -0.292. The summed E-state index contributed by atoms with van der Waals surface area (Å²) in [6, 6.07) is 13.4. The minimum absolute atomic E-state index is 0.135. The fourth-order valence-corrected chi connectivity index (χ4v) is 4.68. The van der Waals surface area contributed by atoms with Gasteiger partial charge in [-0.05, 0) is 47.4 Å². The number of allylic oxidation sites excluding steroid dienone is 4.